The Morgan fingerprint density at radius 1 is 1.33 bits per heavy atom. The number of guanidine groups is 1. The molecule has 1 aromatic carbocycles. The number of H-pyrrole nitrogens is 1. The van der Waals surface area contributed by atoms with Crippen molar-refractivity contribution in [2.24, 2.45) is 10.9 Å². The lowest BCUT2D eigenvalue weighted by Gasteiger charge is -2.13. The van der Waals surface area contributed by atoms with Gasteiger partial charge in [-0.2, -0.15) is 0 Å². The molecule has 2 aromatic rings. The molecule has 21 heavy (non-hydrogen) atoms. The third-order valence-corrected chi connectivity index (χ3v) is 3.32. The van der Waals surface area contributed by atoms with E-state index in [0.29, 0.717) is 5.92 Å². The van der Waals surface area contributed by atoms with Crippen LogP contribution in [0.5, 0.6) is 0 Å². The minimum Gasteiger partial charge on any atom is -0.361 e. The van der Waals surface area contributed by atoms with Crippen LogP contribution in [0.4, 0.5) is 4.39 Å². The van der Waals surface area contributed by atoms with Gasteiger partial charge in [0.25, 0.3) is 0 Å². The molecule has 4 nitrogen and oxygen atoms in total. The highest BCUT2D eigenvalue weighted by atomic mass is 19.1. The van der Waals surface area contributed by atoms with Crippen molar-refractivity contribution in [1.29, 1.82) is 0 Å². The Labute approximate surface area is 124 Å². The third-order valence-electron chi connectivity index (χ3n) is 3.32. The molecule has 1 aromatic heterocycles. The fourth-order valence-electron chi connectivity index (χ4n) is 2.20. The number of fused-ring (bicyclic) bond motifs is 1. The Kier molecular flexibility index (Phi) is 5.20. The predicted molar refractivity (Wildman–Crippen MR) is 86.2 cm³/mol. The number of aromatic nitrogens is 1. The van der Waals surface area contributed by atoms with Crippen molar-refractivity contribution in [3.8, 4) is 0 Å². The zero-order valence-corrected chi connectivity index (χ0v) is 12.8. The Balaban J connectivity index is 1.90. The standard InChI is InChI=1S/C16H23FN4/c1-11(2)9-21-16(18-3)19-7-6-12-10-20-15-8-13(17)4-5-14(12)15/h4-5,8,10-11,20H,6-7,9H2,1-3H3,(H2,18,19,21). The molecule has 0 aliphatic heterocycles. The quantitative estimate of drug-likeness (QED) is 0.586. The van der Waals surface area contributed by atoms with Crippen LogP contribution in [0.15, 0.2) is 29.4 Å². The first kappa shape index (κ1) is 15.4. The first-order valence-corrected chi connectivity index (χ1v) is 7.30. The van der Waals surface area contributed by atoms with E-state index in [4.69, 9.17) is 0 Å². The number of hydrogen-bond donors (Lipinski definition) is 3. The largest absolute Gasteiger partial charge is 0.361 e. The number of aliphatic imine (C=N–C) groups is 1. The fraction of sp³-hybridized carbons (Fsp3) is 0.438. The summed E-state index contributed by atoms with van der Waals surface area (Å²) < 4.78 is 13.1. The van der Waals surface area contributed by atoms with Gasteiger partial charge < -0.3 is 15.6 Å². The van der Waals surface area contributed by atoms with Crippen LogP contribution >= 0.6 is 0 Å². The summed E-state index contributed by atoms with van der Waals surface area (Å²) in [6, 6.07) is 4.84. The molecule has 3 N–H and O–H groups in total. The van der Waals surface area contributed by atoms with Gasteiger partial charge in [0.05, 0.1) is 0 Å². The van der Waals surface area contributed by atoms with Gasteiger partial charge in [-0.1, -0.05) is 13.8 Å². The number of benzene rings is 1. The summed E-state index contributed by atoms with van der Waals surface area (Å²) in [6.07, 6.45) is 2.80. The maximum absolute atomic E-state index is 13.1. The van der Waals surface area contributed by atoms with Crippen LogP contribution < -0.4 is 10.6 Å². The number of aromatic amines is 1. The molecule has 0 radical (unpaired) electrons. The molecule has 0 aliphatic carbocycles. The molecule has 0 unspecified atom stereocenters. The van der Waals surface area contributed by atoms with E-state index in [1.54, 1.807) is 7.05 Å². The second-order valence-corrected chi connectivity index (χ2v) is 5.53. The minimum absolute atomic E-state index is 0.215. The van der Waals surface area contributed by atoms with E-state index < -0.39 is 0 Å². The van der Waals surface area contributed by atoms with Crippen molar-refractivity contribution in [2.45, 2.75) is 20.3 Å². The highest BCUT2D eigenvalue weighted by Gasteiger charge is 2.05. The second-order valence-electron chi connectivity index (χ2n) is 5.53. The lowest BCUT2D eigenvalue weighted by Crippen LogP contribution is -2.39. The normalized spacial score (nSPS) is 12.1. The smallest absolute Gasteiger partial charge is 0.190 e. The van der Waals surface area contributed by atoms with Crippen LogP contribution in [-0.4, -0.2) is 31.1 Å². The molecular formula is C16H23FN4. The average molecular weight is 290 g/mol. The van der Waals surface area contributed by atoms with E-state index in [1.807, 2.05) is 12.3 Å². The molecule has 0 spiro atoms. The van der Waals surface area contributed by atoms with Crippen LogP contribution in [0.25, 0.3) is 10.9 Å². The third kappa shape index (κ3) is 4.21. The maximum Gasteiger partial charge on any atom is 0.190 e. The lowest BCUT2D eigenvalue weighted by atomic mass is 10.1. The molecule has 0 atom stereocenters. The number of nitrogens with one attached hydrogen (secondary N) is 3. The summed E-state index contributed by atoms with van der Waals surface area (Å²) in [5.74, 6) is 1.17. The summed E-state index contributed by atoms with van der Waals surface area (Å²) in [6.45, 7) is 5.99. The van der Waals surface area contributed by atoms with E-state index in [2.05, 4.69) is 34.5 Å². The molecule has 2 rings (SSSR count). The molecule has 0 amide bonds. The molecule has 114 valence electrons. The summed E-state index contributed by atoms with van der Waals surface area (Å²) in [4.78, 5) is 7.30. The summed E-state index contributed by atoms with van der Waals surface area (Å²) in [5, 5.41) is 7.64. The number of rotatable bonds is 5. The van der Waals surface area contributed by atoms with Crippen molar-refractivity contribution in [1.82, 2.24) is 15.6 Å². The van der Waals surface area contributed by atoms with Crippen molar-refractivity contribution >= 4 is 16.9 Å². The number of halogens is 1. The van der Waals surface area contributed by atoms with Gasteiger partial charge in [-0.05, 0) is 36.1 Å². The summed E-state index contributed by atoms with van der Waals surface area (Å²) in [5.41, 5.74) is 2.02. The van der Waals surface area contributed by atoms with Crippen molar-refractivity contribution < 1.29 is 4.39 Å². The molecule has 0 fully saturated rings. The predicted octanol–water partition coefficient (Wildman–Crippen LogP) is 2.67. The zero-order chi connectivity index (χ0) is 15.2. The second kappa shape index (κ2) is 7.11. The molecule has 0 saturated heterocycles. The van der Waals surface area contributed by atoms with Crippen LogP contribution in [-0.2, 0) is 6.42 Å². The summed E-state index contributed by atoms with van der Waals surface area (Å²) in [7, 11) is 1.77. The van der Waals surface area contributed by atoms with Crippen LogP contribution in [0.1, 0.15) is 19.4 Å². The number of nitrogens with zero attached hydrogens (tertiary/aromatic N) is 1. The highest BCUT2D eigenvalue weighted by molar-refractivity contribution is 5.83. The first-order chi connectivity index (χ1) is 10.1. The molecule has 0 bridgehead atoms. The van der Waals surface area contributed by atoms with E-state index in [-0.39, 0.29) is 5.82 Å². The SMILES string of the molecule is CN=C(NCCc1c[nH]c2cc(F)ccc12)NCC(C)C. The molecule has 1 heterocycles. The van der Waals surface area contributed by atoms with E-state index in [9.17, 15) is 4.39 Å². The van der Waals surface area contributed by atoms with Crippen molar-refractivity contribution in [2.75, 3.05) is 20.1 Å². The van der Waals surface area contributed by atoms with E-state index in [1.165, 1.54) is 17.7 Å². The highest BCUT2D eigenvalue weighted by Crippen LogP contribution is 2.19. The Hall–Kier alpha value is -2.04. The summed E-state index contributed by atoms with van der Waals surface area (Å²) >= 11 is 0. The van der Waals surface area contributed by atoms with Gasteiger partial charge in [-0.25, -0.2) is 4.39 Å². The van der Waals surface area contributed by atoms with Gasteiger partial charge in [0.2, 0.25) is 0 Å². The monoisotopic (exact) mass is 290 g/mol. The average Bonchev–Trinajstić information content (AvgIpc) is 2.84. The van der Waals surface area contributed by atoms with E-state index in [0.717, 1.165) is 36.4 Å². The van der Waals surface area contributed by atoms with Crippen molar-refractivity contribution in [3.63, 3.8) is 0 Å². The maximum atomic E-state index is 13.1. The Morgan fingerprint density at radius 2 is 2.14 bits per heavy atom. The van der Waals surface area contributed by atoms with Gasteiger partial charge in [-0.15, -0.1) is 0 Å². The van der Waals surface area contributed by atoms with Gasteiger partial charge in [0, 0.05) is 37.2 Å². The van der Waals surface area contributed by atoms with Crippen LogP contribution in [0, 0.1) is 11.7 Å². The van der Waals surface area contributed by atoms with Gasteiger partial charge in [0.1, 0.15) is 5.82 Å². The Bertz CT molecular complexity index is 616. The Morgan fingerprint density at radius 3 is 2.86 bits per heavy atom. The zero-order valence-electron chi connectivity index (χ0n) is 12.8. The van der Waals surface area contributed by atoms with Crippen molar-refractivity contribution in [3.05, 3.63) is 35.8 Å². The van der Waals surface area contributed by atoms with Gasteiger partial charge >= 0.3 is 0 Å². The molecule has 5 heteroatoms. The van der Waals surface area contributed by atoms with E-state index >= 15 is 0 Å². The van der Waals surface area contributed by atoms with Crippen LogP contribution in [0.3, 0.4) is 0 Å². The fourth-order valence-corrected chi connectivity index (χ4v) is 2.20. The molecular weight excluding hydrogens is 267 g/mol. The minimum atomic E-state index is -0.215. The lowest BCUT2D eigenvalue weighted by molar-refractivity contribution is 0.614. The topological polar surface area (TPSA) is 52.2 Å². The van der Waals surface area contributed by atoms with Crippen LogP contribution in [0.2, 0.25) is 0 Å². The molecule has 0 aliphatic rings. The van der Waals surface area contributed by atoms with Gasteiger partial charge in [0.15, 0.2) is 5.96 Å². The molecule has 0 saturated carbocycles. The van der Waals surface area contributed by atoms with Gasteiger partial charge in [-0.3, -0.25) is 4.99 Å². The number of hydrogen-bond acceptors (Lipinski definition) is 1. The first-order valence-electron chi connectivity index (χ1n) is 7.30.